The first-order chi connectivity index (χ1) is 8.53. The number of nitrogens with two attached hydrogens (primary N) is 1. The SMILES string of the molecule is NS(=O)(=O)Cc1ccc(NCC2CCSC2)cc1. The van der Waals surface area contributed by atoms with Crippen LogP contribution in [0.5, 0.6) is 0 Å². The third-order valence-electron chi connectivity index (χ3n) is 2.94. The molecule has 1 atom stereocenters. The van der Waals surface area contributed by atoms with Gasteiger partial charge in [-0.15, -0.1) is 0 Å². The Hall–Kier alpha value is -0.720. The van der Waals surface area contributed by atoms with Crippen LogP contribution < -0.4 is 10.5 Å². The minimum absolute atomic E-state index is 0.105. The van der Waals surface area contributed by atoms with Crippen LogP contribution in [-0.4, -0.2) is 26.5 Å². The molecule has 0 spiro atoms. The van der Waals surface area contributed by atoms with Crippen LogP contribution in [0.2, 0.25) is 0 Å². The van der Waals surface area contributed by atoms with Crippen molar-refractivity contribution in [2.24, 2.45) is 11.1 Å². The maximum absolute atomic E-state index is 10.9. The predicted molar refractivity (Wildman–Crippen MR) is 77.2 cm³/mol. The van der Waals surface area contributed by atoms with Gasteiger partial charge in [0.1, 0.15) is 0 Å². The van der Waals surface area contributed by atoms with Crippen LogP contribution >= 0.6 is 11.8 Å². The van der Waals surface area contributed by atoms with E-state index in [9.17, 15) is 8.42 Å². The summed E-state index contributed by atoms with van der Waals surface area (Å²) in [7, 11) is -3.44. The molecule has 1 unspecified atom stereocenters. The second kappa shape index (κ2) is 5.95. The molecule has 1 heterocycles. The Labute approximate surface area is 112 Å². The molecule has 6 heteroatoms. The third kappa shape index (κ3) is 4.51. The van der Waals surface area contributed by atoms with Crippen molar-refractivity contribution < 1.29 is 8.42 Å². The number of benzene rings is 1. The second-order valence-electron chi connectivity index (χ2n) is 4.61. The fourth-order valence-corrected chi connectivity index (χ4v) is 3.90. The molecule has 100 valence electrons. The number of nitrogens with one attached hydrogen (secondary N) is 1. The zero-order chi connectivity index (χ0) is 13.0. The van der Waals surface area contributed by atoms with Gasteiger partial charge in [0.05, 0.1) is 5.75 Å². The van der Waals surface area contributed by atoms with Gasteiger partial charge in [-0.25, -0.2) is 13.6 Å². The number of rotatable bonds is 5. The maximum Gasteiger partial charge on any atom is 0.213 e. The van der Waals surface area contributed by atoms with Crippen molar-refractivity contribution in [3.8, 4) is 0 Å². The lowest BCUT2D eigenvalue weighted by Crippen LogP contribution is -2.15. The molecule has 0 amide bonds. The molecule has 3 N–H and O–H groups in total. The number of primary sulfonamides is 1. The standard InChI is InChI=1S/C12H18N2O2S2/c13-18(15,16)9-10-1-3-12(4-2-10)14-7-11-5-6-17-8-11/h1-4,11,14H,5-9H2,(H2,13,15,16). The smallest absolute Gasteiger partial charge is 0.213 e. The molecule has 1 aliphatic heterocycles. The van der Waals surface area contributed by atoms with Crippen LogP contribution in [0.25, 0.3) is 0 Å². The van der Waals surface area contributed by atoms with E-state index in [-0.39, 0.29) is 5.75 Å². The summed E-state index contributed by atoms with van der Waals surface area (Å²) >= 11 is 2.01. The summed E-state index contributed by atoms with van der Waals surface area (Å²) in [5.41, 5.74) is 1.75. The molecule has 1 fully saturated rings. The lowest BCUT2D eigenvalue weighted by atomic mass is 10.1. The van der Waals surface area contributed by atoms with Crippen molar-refractivity contribution in [2.45, 2.75) is 12.2 Å². The molecule has 1 aromatic carbocycles. The van der Waals surface area contributed by atoms with E-state index in [0.717, 1.165) is 23.7 Å². The van der Waals surface area contributed by atoms with Gasteiger partial charge >= 0.3 is 0 Å². The first kappa shape index (κ1) is 13.7. The Bertz CT molecular complexity index is 479. The van der Waals surface area contributed by atoms with Crippen LogP contribution in [0, 0.1) is 5.92 Å². The summed E-state index contributed by atoms with van der Waals surface area (Å²) < 4.78 is 21.9. The van der Waals surface area contributed by atoms with Gasteiger partial charge in [0.25, 0.3) is 0 Å². The van der Waals surface area contributed by atoms with E-state index in [4.69, 9.17) is 5.14 Å². The van der Waals surface area contributed by atoms with E-state index in [1.807, 2.05) is 23.9 Å². The summed E-state index contributed by atoms with van der Waals surface area (Å²) in [6, 6.07) is 7.41. The van der Waals surface area contributed by atoms with Gasteiger partial charge in [0.15, 0.2) is 0 Å². The molecular formula is C12H18N2O2S2. The van der Waals surface area contributed by atoms with Crippen LogP contribution in [0.15, 0.2) is 24.3 Å². The first-order valence-electron chi connectivity index (χ1n) is 5.94. The maximum atomic E-state index is 10.9. The monoisotopic (exact) mass is 286 g/mol. The molecule has 2 rings (SSSR count). The van der Waals surface area contributed by atoms with E-state index in [1.54, 1.807) is 12.1 Å². The third-order valence-corrected chi connectivity index (χ3v) is 4.91. The molecule has 0 saturated carbocycles. The molecule has 0 bridgehead atoms. The van der Waals surface area contributed by atoms with Crippen molar-refractivity contribution in [1.82, 2.24) is 0 Å². The Morgan fingerprint density at radius 1 is 1.33 bits per heavy atom. The zero-order valence-corrected chi connectivity index (χ0v) is 11.8. The van der Waals surface area contributed by atoms with Crippen LogP contribution in [-0.2, 0) is 15.8 Å². The van der Waals surface area contributed by atoms with Gasteiger partial charge in [0, 0.05) is 12.2 Å². The Balaban J connectivity index is 1.87. The number of thioether (sulfide) groups is 1. The summed E-state index contributed by atoms with van der Waals surface area (Å²) in [5, 5.41) is 8.38. The lowest BCUT2D eigenvalue weighted by molar-refractivity contribution is 0.597. The number of hydrogen-bond acceptors (Lipinski definition) is 4. The van der Waals surface area contributed by atoms with Crippen molar-refractivity contribution in [3.05, 3.63) is 29.8 Å². The highest BCUT2D eigenvalue weighted by Gasteiger charge is 2.14. The predicted octanol–water partition coefficient (Wildman–Crippen LogP) is 1.64. The average Bonchev–Trinajstić information content (AvgIpc) is 2.79. The van der Waals surface area contributed by atoms with E-state index >= 15 is 0 Å². The Morgan fingerprint density at radius 3 is 2.61 bits per heavy atom. The van der Waals surface area contributed by atoms with Crippen LogP contribution in [0.4, 0.5) is 5.69 Å². The topological polar surface area (TPSA) is 72.2 Å². The highest BCUT2D eigenvalue weighted by atomic mass is 32.2. The fourth-order valence-electron chi connectivity index (χ4n) is 1.96. The van der Waals surface area contributed by atoms with Gasteiger partial charge in [0.2, 0.25) is 10.0 Å². The van der Waals surface area contributed by atoms with Gasteiger partial charge in [-0.05, 0) is 41.5 Å². The first-order valence-corrected chi connectivity index (χ1v) is 8.81. The van der Waals surface area contributed by atoms with E-state index in [0.29, 0.717) is 0 Å². The number of hydrogen-bond donors (Lipinski definition) is 2. The summed E-state index contributed by atoms with van der Waals surface area (Å²) in [6.07, 6.45) is 1.28. The lowest BCUT2D eigenvalue weighted by Gasteiger charge is -2.11. The van der Waals surface area contributed by atoms with Crippen molar-refractivity contribution in [1.29, 1.82) is 0 Å². The largest absolute Gasteiger partial charge is 0.385 e. The van der Waals surface area contributed by atoms with Crippen LogP contribution in [0.1, 0.15) is 12.0 Å². The van der Waals surface area contributed by atoms with Gasteiger partial charge in [-0.1, -0.05) is 12.1 Å². The number of sulfonamides is 1. The molecule has 0 aliphatic carbocycles. The molecule has 1 aliphatic rings. The zero-order valence-electron chi connectivity index (χ0n) is 10.1. The van der Waals surface area contributed by atoms with Gasteiger partial charge in [-0.3, -0.25) is 0 Å². The summed E-state index contributed by atoms with van der Waals surface area (Å²) in [6.45, 7) is 0.988. The Kier molecular flexibility index (Phi) is 4.53. The Morgan fingerprint density at radius 2 is 2.06 bits per heavy atom. The van der Waals surface area contributed by atoms with E-state index in [2.05, 4.69) is 5.32 Å². The highest BCUT2D eigenvalue weighted by molar-refractivity contribution is 7.99. The fraction of sp³-hybridized carbons (Fsp3) is 0.500. The molecule has 4 nitrogen and oxygen atoms in total. The molecule has 0 aromatic heterocycles. The molecule has 1 aromatic rings. The molecule has 1 saturated heterocycles. The van der Waals surface area contributed by atoms with Crippen molar-refractivity contribution in [2.75, 3.05) is 23.4 Å². The van der Waals surface area contributed by atoms with Gasteiger partial charge in [-0.2, -0.15) is 11.8 Å². The average molecular weight is 286 g/mol. The van der Waals surface area contributed by atoms with Crippen molar-refractivity contribution in [3.63, 3.8) is 0 Å². The summed E-state index contributed by atoms with van der Waals surface area (Å²) in [5.74, 6) is 3.14. The minimum Gasteiger partial charge on any atom is -0.385 e. The normalized spacial score (nSPS) is 19.9. The molecular weight excluding hydrogens is 268 g/mol. The van der Waals surface area contributed by atoms with Crippen LogP contribution in [0.3, 0.4) is 0 Å². The minimum atomic E-state index is -3.44. The van der Waals surface area contributed by atoms with Crippen molar-refractivity contribution >= 4 is 27.5 Å². The van der Waals surface area contributed by atoms with E-state index < -0.39 is 10.0 Å². The quantitative estimate of drug-likeness (QED) is 0.863. The highest BCUT2D eigenvalue weighted by Crippen LogP contribution is 2.23. The molecule has 0 radical (unpaired) electrons. The number of anilines is 1. The second-order valence-corrected chi connectivity index (χ2v) is 7.38. The summed E-state index contributed by atoms with van der Waals surface area (Å²) in [4.78, 5) is 0. The van der Waals surface area contributed by atoms with Gasteiger partial charge < -0.3 is 5.32 Å². The van der Waals surface area contributed by atoms with E-state index in [1.165, 1.54) is 17.9 Å². The molecule has 18 heavy (non-hydrogen) atoms.